The van der Waals surface area contributed by atoms with Gasteiger partial charge in [0.1, 0.15) is 5.75 Å². The summed E-state index contributed by atoms with van der Waals surface area (Å²) in [7, 11) is 1.63. The van der Waals surface area contributed by atoms with Crippen molar-refractivity contribution in [3.05, 3.63) is 83.4 Å². The average Bonchev–Trinajstić information content (AvgIpc) is 3.00. The monoisotopic (exact) mass is 329 g/mol. The second-order valence-electron chi connectivity index (χ2n) is 6.28. The zero-order valence-electron chi connectivity index (χ0n) is 14.1. The summed E-state index contributed by atoms with van der Waals surface area (Å²) in [6, 6.07) is 22.2. The van der Waals surface area contributed by atoms with Crippen molar-refractivity contribution in [1.82, 2.24) is 0 Å². The lowest BCUT2D eigenvalue weighted by atomic mass is 10.1. The van der Waals surface area contributed by atoms with E-state index in [2.05, 4.69) is 41.7 Å². The fourth-order valence-electron chi connectivity index (χ4n) is 3.36. The predicted octanol–water partition coefficient (Wildman–Crippen LogP) is 4.45. The minimum Gasteiger partial charge on any atom is -0.497 e. The van der Waals surface area contributed by atoms with E-state index in [0.717, 1.165) is 23.4 Å². The maximum Gasteiger partial charge on any atom is 0.228 e. The summed E-state index contributed by atoms with van der Waals surface area (Å²) < 4.78 is 5.14. The quantitative estimate of drug-likeness (QED) is 0.601. The van der Waals surface area contributed by atoms with Gasteiger partial charge < -0.3 is 10.1 Å². The number of amides is 1. The van der Waals surface area contributed by atoms with Crippen molar-refractivity contribution < 1.29 is 9.53 Å². The molecule has 3 nitrogen and oxygen atoms in total. The maximum absolute atomic E-state index is 12.3. The highest BCUT2D eigenvalue weighted by molar-refractivity contribution is 5.93. The van der Waals surface area contributed by atoms with Gasteiger partial charge in [0.2, 0.25) is 5.91 Å². The fourth-order valence-corrected chi connectivity index (χ4v) is 3.36. The van der Waals surface area contributed by atoms with Crippen LogP contribution in [0.15, 0.2) is 66.7 Å². The van der Waals surface area contributed by atoms with Crippen LogP contribution in [0.3, 0.4) is 0 Å². The van der Waals surface area contributed by atoms with Crippen LogP contribution in [-0.2, 0) is 17.6 Å². The van der Waals surface area contributed by atoms with Gasteiger partial charge in [-0.1, -0.05) is 42.5 Å². The van der Waals surface area contributed by atoms with Gasteiger partial charge in [-0.2, -0.15) is 0 Å². The molecular formula is C22H19NO2. The number of methoxy groups -OCH3 is 1. The lowest BCUT2D eigenvalue weighted by molar-refractivity contribution is -0.115. The number of benzene rings is 3. The molecule has 0 aromatic heterocycles. The van der Waals surface area contributed by atoms with E-state index < -0.39 is 0 Å². The molecule has 1 amide bonds. The Bertz CT molecular complexity index is 929. The summed E-state index contributed by atoms with van der Waals surface area (Å²) in [6.45, 7) is 0. The third-order valence-corrected chi connectivity index (χ3v) is 4.60. The molecule has 0 atom stereocenters. The molecule has 3 aromatic rings. The van der Waals surface area contributed by atoms with Crippen molar-refractivity contribution in [2.24, 2.45) is 0 Å². The van der Waals surface area contributed by atoms with E-state index in [-0.39, 0.29) is 5.91 Å². The topological polar surface area (TPSA) is 38.3 Å². The molecule has 0 fully saturated rings. The summed E-state index contributed by atoms with van der Waals surface area (Å²) in [5.74, 6) is 0.781. The smallest absolute Gasteiger partial charge is 0.228 e. The largest absolute Gasteiger partial charge is 0.497 e. The molecule has 124 valence electrons. The molecule has 0 radical (unpaired) electrons. The number of hydrogen-bond donors (Lipinski definition) is 1. The SMILES string of the molecule is COc1ccc(CC(=O)Nc2ccc3c(c2)Cc2ccccc2-3)cc1. The Balaban J connectivity index is 1.46. The first-order chi connectivity index (χ1) is 12.2. The molecule has 0 bridgehead atoms. The lowest BCUT2D eigenvalue weighted by Gasteiger charge is -2.08. The minimum atomic E-state index is -0.0133. The first-order valence-electron chi connectivity index (χ1n) is 8.37. The summed E-state index contributed by atoms with van der Waals surface area (Å²) in [5.41, 5.74) is 7.00. The summed E-state index contributed by atoms with van der Waals surface area (Å²) in [4.78, 5) is 12.3. The molecule has 0 heterocycles. The highest BCUT2D eigenvalue weighted by Crippen LogP contribution is 2.37. The minimum absolute atomic E-state index is 0.0133. The number of carbonyl (C=O) groups excluding carboxylic acids is 1. The van der Waals surface area contributed by atoms with Crippen LogP contribution in [0.4, 0.5) is 5.69 Å². The Kier molecular flexibility index (Phi) is 3.98. The van der Waals surface area contributed by atoms with Crippen molar-refractivity contribution >= 4 is 11.6 Å². The van der Waals surface area contributed by atoms with Gasteiger partial charge in [-0.3, -0.25) is 4.79 Å². The van der Waals surface area contributed by atoms with Crippen LogP contribution >= 0.6 is 0 Å². The molecule has 0 saturated carbocycles. The standard InChI is InChI=1S/C22H19NO2/c1-25-19-9-6-15(7-10-19)12-22(24)23-18-8-11-21-17(14-18)13-16-4-2-3-5-20(16)21/h2-11,14H,12-13H2,1H3,(H,23,24). The van der Waals surface area contributed by atoms with Gasteiger partial charge in [-0.25, -0.2) is 0 Å². The Morgan fingerprint density at radius 3 is 2.52 bits per heavy atom. The molecule has 0 spiro atoms. The van der Waals surface area contributed by atoms with Crippen molar-refractivity contribution in [2.75, 3.05) is 12.4 Å². The molecular weight excluding hydrogens is 310 g/mol. The number of ether oxygens (including phenoxy) is 1. The number of fused-ring (bicyclic) bond motifs is 3. The molecule has 1 N–H and O–H groups in total. The number of nitrogens with one attached hydrogen (secondary N) is 1. The van der Waals surface area contributed by atoms with Crippen LogP contribution in [0.2, 0.25) is 0 Å². The molecule has 0 unspecified atom stereocenters. The van der Waals surface area contributed by atoms with Crippen LogP contribution in [0, 0.1) is 0 Å². The van der Waals surface area contributed by atoms with E-state index in [1.807, 2.05) is 30.3 Å². The second kappa shape index (κ2) is 6.44. The van der Waals surface area contributed by atoms with Gasteiger partial charge in [0, 0.05) is 5.69 Å². The van der Waals surface area contributed by atoms with Gasteiger partial charge >= 0.3 is 0 Å². The third-order valence-electron chi connectivity index (χ3n) is 4.60. The molecule has 3 heteroatoms. The van der Waals surface area contributed by atoms with E-state index in [0.29, 0.717) is 6.42 Å². The van der Waals surface area contributed by atoms with Crippen molar-refractivity contribution in [3.8, 4) is 16.9 Å². The average molecular weight is 329 g/mol. The molecule has 1 aliphatic rings. The summed E-state index contributed by atoms with van der Waals surface area (Å²) in [5, 5.41) is 3.01. The Morgan fingerprint density at radius 1 is 0.960 bits per heavy atom. The van der Waals surface area contributed by atoms with Crippen LogP contribution in [-0.4, -0.2) is 13.0 Å². The molecule has 3 aromatic carbocycles. The highest BCUT2D eigenvalue weighted by atomic mass is 16.5. The van der Waals surface area contributed by atoms with Gasteiger partial charge in [-0.15, -0.1) is 0 Å². The number of carbonyl (C=O) groups is 1. The van der Waals surface area contributed by atoms with E-state index in [1.54, 1.807) is 7.11 Å². The third kappa shape index (κ3) is 3.13. The normalized spacial score (nSPS) is 11.6. The Morgan fingerprint density at radius 2 is 1.72 bits per heavy atom. The Labute approximate surface area is 147 Å². The molecule has 0 saturated heterocycles. The summed E-state index contributed by atoms with van der Waals surface area (Å²) >= 11 is 0. The van der Waals surface area contributed by atoms with Crippen molar-refractivity contribution in [3.63, 3.8) is 0 Å². The number of rotatable bonds is 4. The van der Waals surface area contributed by atoms with Crippen LogP contribution in [0.1, 0.15) is 16.7 Å². The molecule has 4 rings (SSSR count). The van der Waals surface area contributed by atoms with Crippen molar-refractivity contribution in [2.45, 2.75) is 12.8 Å². The van der Waals surface area contributed by atoms with Gasteiger partial charge in [0.15, 0.2) is 0 Å². The van der Waals surface area contributed by atoms with E-state index >= 15 is 0 Å². The summed E-state index contributed by atoms with van der Waals surface area (Å²) in [6.07, 6.45) is 1.27. The molecule has 1 aliphatic carbocycles. The zero-order valence-corrected chi connectivity index (χ0v) is 14.1. The second-order valence-corrected chi connectivity index (χ2v) is 6.28. The number of anilines is 1. The highest BCUT2D eigenvalue weighted by Gasteiger charge is 2.18. The molecule has 25 heavy (non-hydrogen) atoms. The maximum atomic E-state index is 12.3. The van der Waals surface area contributed by atoms with Gasteiger partial charge in [0.05, 0.1) is 13.5 Å². The van der Waals surface area contributed by atoms with Crippen LogP contribution < -0.4 is 10.1 Å². The first-order valence-corrected chi connectivity index (χ1v) is 8.37. The molecule has 0 aliphatic heterocycles. The van der Waals surface area contributed by atoms with E-state index in [4.69, 9.17) is 4.74 Å². The van der Waals surface area contributed by atoms with Crippen LogP contribution in [0.5, 0.6) is 5.75 Å². The Hall–Kier alpha value is -3.07. The predicted molar refractivity (Wildman–Crippen MR) is 100 cm³/mol. The zero-order chi connectivity index (χ0) is 17.2. The fraction of sp³-hybridized carbons (Fsp3) is 0.136. The van der Waals surface area contributed by atoms with Gasteiger partial charge in [0.25, 0.3) is 0 Å². The first kappa shape index (κ1) is 15.5. The van der Waals surface area contributed by atoms with E-state index in [9.17, 15) is 4.79 Å². The van der Waals surface area contributed by atoms with Gasteiger partial charge in [-0.05, 0) is 58.5 Å². The lowest BCUT2D eigenvalue weighted by Crippen LogP contribution is -2.14. The van der Waals surface area contributed by atoms with Crippen molar-refractivity contribution in [1.29, 1.82) is 0 Å². The number of hydrogen-bond acceptors (Lipinski definition) is 2. The van der Waals surface area contributed by atoms with Crippen LogP contribution in [0.25, 0.3) is 11.1 Å². The van der Waals surface area contributed by atoms with E-state index in [1.165, 1.54) is 22.3 Å².